The van der Waals surface area contributed by atoms with Crippen molar-refractivity contribution in [1.29, 1.82) is 0 Å². The summed E-state index contributed by atoms with van der Waals surface area (Å²) < 4.78 is 65.3. The van der Waals surface area contributed by atoms with Gasteiger partial charge >= 0.3 is 29.2 Å². The first-order valence-corrected chi connectivity index (χ1v) is 12.9. The topological polar surface area (TPSA) is 277 Å². The van der Waals surface area contributed by atoms with Crippen molar-refractivity contribution in [3.8, 4) is 0 Å². The number of aromatic amines is 1. The molecule has 2 rings (SSSR count). The van der Waals surface area contributed by atoms with Crippen LogP contribution in [0.5, 0.6) is 0 Å². The number of hydrogen-bond donors (Lipinski definition) is 7. The maximum atomic E-state index is 13.7. The summed E-state index contributed by atoms with van der Waals surface area (Å²) in [4.78, 5) is 61.0. The van der Waals surface area contributed by atoms with E-state index in [0.29, 0.717) is 6.20 Å². The molecule has 2 heterocycles. The largest absolute Gasteiger partial charge is 0.490 e. The minimum absolute atomic E-state index is 0.269. The highest BCUT2D eigenvalue weighted by molar-refractivity contribution is 7.66. The molecule has 1 aromatic rings. The molecule has 0 spiro atoms. The molecule has 1 aromatic heterocycles. The molecule has 1 saturated heterocycles. The Balaban J connectivity index is 2.35. The van der Waals surface area contributed by atoms with Crippen LogP contribution in [0, 0.1) is 0 Å². The predicted octanol–water partition coefficient (Wildman–Crippen LogP) is -1.99. The number of aromatic nitrogens is 3. The summed E-state index contributed by atoms with van der Waals surface area (Å²) in [6, 6.07) is 0. The molecule has 1 fully saturated rings. The van der Waals surface area contributed by atoms with E-state index in [9.17, 15) is 47.7 Å². The van der Waals surface area contributed by atoms with Crippen LogP contribution in [-0.2, 0) is 31.6 Å². The van der Waals surface area contributed by atoms with Gasteiger partial charge in [0.1, 0.15) is 30.7 Å². The number of halogens is 1. The second kappa shape index (κ2) is 9.13. The Hall–Kier alpha value is -1.17. The second-order valence-corrected chi connectivity index (χ2v) is 11.5. The van der Waals surface area contributed by atoms with Gasteiger partial charge in [-0.25, -0.2) is 22.9 Å². The zero-order valence-corrected chi connectivity index (χ0v) is 19.2. The minimum atomic E-state index is -5.87. The van der Waals surface area contributed by atoms with Crippen LogP contribution in [0.3, 0.4) is 0 Å². The predicted molar refractivity (Wildman–Crippen MR) is 99.0 cm³/mol. The molecule has 6 atom stereocenters. The first-order valence-electron chi connectivity index (χ1n) is 8.38. The molecular weight excluding hydrogens is 526 g/mol. The van der Waals surface area contributed by atoms with Crippen molar-refractivity contribution in [2.75, 3.05) is 6.67 Å². The summed E-state index contributed by atoms with van der Waals surface area (Å²) >= 11 is 0. The van der Waals surface area contributed by atoms with Crippen LogP contribution in [0.25, 0.3) is 0 Å². The number of H-pyrrole nitrogens is 1. The Morgan fingerprint density at radius 3 is 2.27 bits per heavy atom. The van der Waals surface area contributed by atoms with E-state index < -0.39 is 71.0 Å². The maximum absolute atomic E-state index is 13.7. The summed E-state index contributed by atoms with van der Waals surface area (Å²) in [6.07, 6.45) is -5.79. The highest BCUT2D eigenvalue weighted by Gasteiger charge is 2.62. The fourth-order valence-corrected chi connectivity index (χ4v) is 6.21. The van der Waals surface area contributed by atoms with E-state index in [1.807, 2.05) is 0 Å². The molecular formula is C11H19FN3O15P3. The van der Waals surface area contributed by atoms with Crippen molar-refractivity contribution in [3.63, 3.8) is 0 Å². The Labute approximate surface area is 182 Å². The van der Waals surface area contributed by atoms with Gasteiger partial charge < -0.3 is 34.5 Å². The lowest BCUT2D eigenvalue weighted by Gasteiger charge is -2.34. The third-order valence-electron chi connectivity index (χ3n) is 4.13. The standard InChI is InChI=1S/C11H19FN3O15P3/c1-10(2,28-32(23,24)30-33(25,26)29-31(20,21)22)7-6(17)11(19,4-12)8(27-7)15-9(18)14-5(16)3-13-15/h3,6-8,17,19H,4H2,1-2H3,(H,23,24)(H,25,26)(H,14,16,18)(H2,20,21,22)/t6-,7?,8+,11?/m0/s1. The van der Waals surface area contributed by atoms with Crippen LogP contribution < -0.4 is 11.2 Å². The van der Waals surface area contributed by atoms with Crippen LogP contribution in [0.1, 0.15) is 20.1 Å². The average molecular weight is 545 g/mol. The van der Waals surface area contributed by atoms with Crippen molar-refractivity contribution < 1.29 is 65.8 Å². The van der Waals surface area contributed by atoms with E-state index in [1.54, 1.807) is 4.98 Å². The number of nitrogens with one attached hydrogen (secondary N) is 1. The SMILES string of the molecule is CC(C)(OP(=O)(O)OP(=O)(O)OP(=O)(O)O)C1O[C@@H](n2ncc(=O)[nH]c2=O)C(O)(CF)[C@H]1O. The number of aliphatic hydroxyl groups excluding tert-OH is 1. The molecule has 22 heteroatoms. The molecule has 1 aliphatic heterocycles. The third-order valence-corrected chi connectivity index (χ3v) is 8.16. The smallest absolute Gasteiger partial charge is 0.387 e. The summed E-state index contributed by atoms with van der Waals surface area (Å²) in [5.74, 6) is 0. The molecule has 33 heavy (non-hydrogen) atoms. The first-order chi connectivity index (χ1) is 14.7. The highest BCUT2D eigenvalue weighted by Crippen LogP contribution is 2.67. The molecule has 1 aliphatic rings. The quantitative estimate of drug-likeness (QED) is 0.165. The lowest BCUT2D eigenvalue weighted by atomic mass is 9.88. The van der Waals surface area contributed by atoms with Crippen LogP contribution >= 0.6 is 23.5 Å². The Kier molecular flexibility index (Phi) is 7.76. The van der Waals surface area contributed by atoms with E-state index in [4.69, 9.17) is 14.5 Å². The zero-order valence-electron chi connectivity index (χ0n) is 16.5. The van der Waals surface area contributed by atoms with Crippen molar-refractivity contribution in [3.05, 3.63) is 27.0 Å². The highest BCUT2D eigenvalue weighted by atomic mass is 31.3. The second-order valence-electron chi connectivity index (χ2n) is 7.15. The Morgan fingerprint density at radius 1 is 1.21 bits per heavy atom. The number of hydrogen-bond acceptors (Lipinski definition) is 12. The summed E-state index contributed by atoms with van der Waals surface area (Å²) in [7, 11) is -17.3. The van der Waals surface area contributed by atoms with Gasteiger partial charge in [-0.15, -0.1) is 0 Å². The summed E-state index contributed by atoms with van der Waals surface area (Å²) in [5.41, 5.74) is -7.44. The number of rotatable bonds is 9. The number of alkyl halides is 1. The van der Waals surface area contributed by atoms with E-state index in [2.05, 4.69) is 18.2 Å². The van der Waals surface area contributed by atoms with E-state index in [-0.39, 0.29) is 4.68 Å². The first kappa shape index (κ1) is 28.1. The zero-order chi connectivity index (χ0) is 25.6. The molecule has 0 saturated carbocycles. The fourth-order valence-electron chi connectivity index (χ4n) is 2.87. The van der Waals surface area contributed by atoms with Crippen LogP contribution in [0.15, 0.2) is 15.8 Å². The number of phosphoric acid groups is 3. The molecule has 0 aromatic carbocycles. The van der Waals surface area contributed by atoms with Crippen molar-refractivity contribution in [2.24, 2.45) is 0 Å². The average Bonchev–Trinajstić information content (AvgIpc) is 2.83. The maximum Gasteiger partial charge on any atom is 0.490 e. The van der Waals surface area contributed by atoms with Gasteiger partial charge in [-0.2, -0.15) is 18.4 Å². The van der Waals surface area contributed by atoms with Crippen LogP contribution in [0.2, 0.25) is 0 Å². The molecule has 0 amide bonds. The Bertz CT molecular complexity index is 1150. The minimum Gasteiger partial charge on any atom is -0.387 e. The van der Waals surface area contributed by atoms with Gasteiger partial charge in [-0.3, -0.25) is 14.3 Å². The van der Waals surface area contributed by atoms with E-state index >= 15 is 0 Å². The van der Waals surface area contributed by atoms with Crippen LogP contribution in [-0.4, -0.2) is 74.6 Å². The normalized spacial score (nSPS) is 30.0. The number of phosphoric ester groups is 1. The van der Waals surface area contributed by atoms with Gasteiger partial charge in [-0.05, 0) is 13.8 Å². The molecule has 4 unspecified atom stereocenters. The molecule has 0 aliphatic carbocycles. The van der Waals surface area contributed by atoms with Crippen molar-refractivity contribution >= 4 is 23.5 Å². The van der Waals surface area contributed by atoms with Gasteiger partial charge in [0.05, 0.1) is 0 Å². The van der Waals surface area contributed by atoms with Gasteiger partial charge in [0.25, 0.3) is 5.56 Å². The molecule has 0 bridgehead atoms. The number of aliphatic hydroxyl groups is 2. The fraction of sp³-hybridized carbons (Fsp3) is 0.727. The van der Waals surface area contributed by atoms with Crippen LogP contribution in [0.4, 0.5) is 4.39 Å². The lowest BCUT2D eigenvalue weighted by Crippen LogP contribution is -2.54. The van der Waals surface area contributed by atoms with Gasteiger partial charge in [0, 0.05) is 0 Å². The molecule has 190 valence electrons. The van der Waals surface area contributed by atoms with E-state index in [0.717, 1.165) is 13.8 Å². The van der Waals surface area contributed by atoms with Gasteiger partial charge in [-0.1, -0.05) is 0 Å². The van der Waals surface area contributed by atoms with Gasteiger partial charge in [0.2, 0.25) is 0 Å². The number of ether oxygens (including phenoxy) is 1. The lowest BCUT2D eigenvalue weighted by molar-refractivity contribution is -0.134. The third kappa shape index (κ3) is 6.49. The van der Waals surface area contributed by atoms with Crippen molar-refractivity contribution in [1.82, 2.24) is 14.8 Å². The summed E-state index contributed by atoms with van der Waals surface area (Å²) in [6.45, 7) is 0.0562. The Morgan fingerprint density at radius 2 is 1.79 bits per heavy atom. The van der Waals surface area contributed by atoms with Crippen molar-refractivity contribution in [2.45, 2.75) is 43.5 Å². The summed E-state index contributed by atoms with van der Waals surface area (Å²) in [5, 5.41) is 24.4. The number of nitrogens with zero attached hydrogens (tertiary/aromatic N) is 2. The molecule has 0 radical (unpaired) electrons. The molecule has 7 N–H and O–H groups in total. The molecule has 18 nitrogen and oxygen atoms in total. The van der Waals surface area contributed by atoms with E-state index in [1.165, 1.54) is 0 Å². The monoisotopic (exact) mass is 545 g/mol. The van der Waals surface area contributed by atoms with Gasteiger partial charge in [0.15, 0.2) is 11.8 Å².